The van der Waals surface area contributed by atoms with Crippen molar-refractivity contribution in [2.75, 3.05) is 0 Å². The summed E-state index contributed by atoms with van der Waals surface area (Å²) < 4.78 is 6.31. The lowest BCUT2D eigenvalue weighted by molar-refractivity contribution is 0.493. The lowest BCUT2D eigenvalue weighted by atomic mass is 10.1. The van der Waals surface area contributed by atoms with Gasteiger partial charge in [-0.25, -0.2) is 4.98 Å². The van der Waals surface area contributed by atoms with Crippen molar-refractivity contribution in [2.24, 2.45) is 0 Å². The van der Waals surface area contributed by atoms with Crippen LogP contribution in [-0.4, -0.2) is 4.98 Å². The smallest absolute Gasteiger partial charge is 0.194 e. The lowest BCUT2D eigenvalue weighted by Crippen LogP contribution is -1.92. The van der Waals surface area contributed by atoms with Crippen molar-refractivity contribution < 1.29 is 4.42 Å². The molecule has 0 bridgehead atoms. The zero-order valence-electron chi connectivity index (χ0n) is 7.61. The van der Waals surface area contributed by atoms with E-state index in [1.807, 2.05) is 18.2 Å². The number of aromatic nitrogens is 1. The number of nitrogens with zero attached hydrogens (tertiary/aromatic N) is 1. The molecule has 0 N–H and O–H groups in total. The van der Waals surface area contributed by atoms with Gasteiger partial charge in [-0.15, -0.1) is 0 Å². The van der Waals surface area contributed by atoms with E-state index in [2.05, 4.69) is 27.0 Å². The molecule has 0 radical (unpaired) electrons. The van der Waals surface area contributed by atoms with Gasteiger partial charge in [-0.2, -0.15) is 0 Å². The highest BCUT2D eigenvalue weighted by atomic mass is 79.9. The number of hydrogen-bond donors (Lipinski definition) is 0. The number of hydrogen-bond acceptors (Lipinski definition) is 2. The first-order valence-corrected chi connectivity index (χ1v) is 5.27. The average molecular weight is 252 g/mol. The monoisotopic (exact) mass is 251 g/mol. The number of halogens is 1. The van der Waals surface area contributed by atoms with Crippen LogP contribution in [0.25, 0.3) is 0 Å². The summed E-state index contributed by atoms with van der Waals surface area (Å²) in [6, 6.07) is 8.20. The molecule has 0 saturated heterocycles. The third-order valence-corrected chi connectivity index (χ3v) is 2.82. The third kappa shape index (κ3) is 2.23. The first-order valence-electron chi connectivity index (χ1n) is 4.48. The third-order valence-electron chi connectivity index (χ3n) is 2.05. The molecule has 0 unspecified atom stereocenters. The average Bonchev–Trinajstić information content (AvgIpc) is 2.69. The molecule has 2 rings (SSSR count). The fourth-order valence-electron chi connectivity index (χ4n) is 1.32. The highest BCUT2D eigenvalue weighted by Gasteiger charge is 2.01. The molecule has 2 aromatic rings. The van der Waals surface area contributed by atoms with Crippen LogP contribution < -0.4 is 0 Å². The Morgan fingerprint density at radius 1 is 1.21 bits per heavy atom. The molecular formula is C11H10BrNO. The van der Waals surface area contributed by atoms with E-state index in [0.29, 0.717) is 0 Å². The minimum atomic E-state index is 0.792. The Labute approximate surface area is 91.1 Å². The van der Waals surface area contributed by atoms with Crippen molar-refractivity contribution in [2.45, 2.75) is 12.8 Å². The van der Waals surface area contributed by atoms with E-state index in [9.17, 15) is 0 Å². The summed E-state index contributed by atoms with van der Waals surface area (Å²) in [5.74, 6) is 0.792. The largest absolute Gasteiger partial charge is 0.449 e. The Bertz CT molecular complexity index is 397. The molecule has 0 spiro atoms. The highest BCUT2D eigenvalue weighted by molar-refractivity contribution is 9.10. The Balaban J connectivity index is 2.02. The van der Waals surface area contributed by atoms with Crippen molar-refractivity contribution in [3.8, 4) is 0 Å². The van der Waals surface area contributed by atoms with Gasteiger partial charge in [0, 0.05) is 10.9 Å². The van der Waals surface area contributed by atoms with Crippen molar-refractivity contribution in [1.29, 1.82) is 0 Å². The molecule has 0 aliphatic heterocycles. The quantitative estimate of drug-likeness (QED) is 0.838. The second kappa shape index (κ2) is 4.42. The number of aryl methyl sites for hydroxylation is 2. The summed E-state index contributed by atoms with van der Waals surface area (Å²) in [4.78, 5) is 4.08. The van der Waals surface area contributed by atoms with Crippen LogP contribution in [0.1, 0.15) is 11.5 Å². The Morgan fingerprint density at radius 3 is 2.79 bits per heavy atom. The van der Waals surface area contributed by atoms with Crippen LogP contribution in [0.15, 0.2) is 45.6 Å². The molecule has 0 atom stereocenters. The molecular weight excluding hydrogens is 242 g/mol. The molecule has 14 heavy (non-hydrogen) atoms. The van der Waals surface area contributed by atoms with Gasteiger partial charge in [0.05, 0.1) is 6.20 Å². The molecule has 0 aliphatic carbocycles. The summed E-state index contributed by atoms with van der Waals surface area (Å²) in [5, 5.41) is 0. The molecule has 3 heteroatoms. The first kappa shape index (κ1) is 9.46. The van der Waals surface area contributed by atoms with Crippen molar-refractivity contribution in [3.05, 3.63) is 52.7 Å². The van der Waals surface area contributed by atoms with Gasteiger partial charge >= 0.3 is 0 Å². The van der Waals surface area contributed by atoms with E-state index in [-0.39, 0.29) is 0 Å². The van der Waals surface area contributed by atoms with Crippen LogP contribution in [0, 0.1) is 0 Å². The fourth-order valence-corrected chi connectivity index (χ4v) is 1.80. The maximum absolute atomic E-state index is 5.17. The topological polar surface area (TPSA) is 26.0 Å². The predicted octanol–water partition coefficient (Wildman–Crippen LogP) is 3.22. The van der Waals surface area contributed by atoms with Gasteiger partial charge in [0.2, 0.25) is 0 Å². The second-order valence-corrected chi connectivity index (χ2v) is 3.87. The summed E-state index contributed by atoms with van der Waals surface area (Å²) in [5.41, 5.74) is 1.28. The summed E-state index contributed by atoms with van der Waals surface area (Å²) in [6.07, 6.45) is 5.07. The SMILES string of the molecule is Brc1ccccc1CCc1ncco1. The van der Waals surface area contributed by atoms with E-state index in [0.717, 1.165) is 23.2 Å². The van der Waals surface area contributed by atoms with Crippen LogP contribution in [0.5, 0.6) is 0 Å². The highest BCUT2D eigenvalue weighted by Crippen LogP contribution is 2.17. The van der Waals surface area contributed by atoms with Gasteiger partial charge < -0.3 is 4.42 Å². The van der Waals surface area contributed by atoms with Crippen molar-refractivity contribution in [1.82, 2.24) is 4.98 Å². The maximum atomic E-state index is 5.17. The van der Waals surface area contributed by atoms with Crippen LogP contribution in [0.3, 0.4) is 0 Å². The number of rotatable bonds is 3. The van der Waals surface area contributed by atoms with Gasteiger partial charge in [-0.1, -0.05) is 34.1 Å². The van der Waals surface area contributed by atoms with Crippen LogP contribution in [0.2, 0.25) is 0 Å². The zero-order valence-corrected chi connectivity index (χ0v) is 9.20. The van der Waals surface area contributed by atoms with Crippen LogP contribution in [-0.2, 0) is 12.8 Å². The fraction of sp³-hybridized carbons (Fsp3) is 0.182. The molecule has 1 aromatic heterocycles. The van der Waals surface area contributed by atoms with Crippen molar-refractivity contribution in [3.63, 3.8) is 0 Å². The Morgan fingerprint density at radius 2 is 2.07 bits per heavy atom. The molecule has 72 valence electrons. The minimum absolute atomic E-state index is 0.792. The number of benzene rings is 1. The maximum Gasteiger partial charge on any atom is 0.194 e. The molecule has 0 saturated carbocycles. The van der Waals surface area contributed by atoms with E-state index in [1.165, 1.54) is 5.56 Å². The molecule has 0 fully saturated rings. The summed E-state index contributed by atoms with van der Waals surface area (Å²) in [7, 11) is 0. The van der Waals surface area contributed by atoms with Gasteiger partial charge in [0.15, 0.2) is 5.89 Å². The van der Waals surface area contributed by atoms with Gasteiger partial charge in [-0.3, -0.25) is 0 Å². The normalized spacial score (nSPS) is 10.4. The van der Waals surface area contributed by atoms with Gasteiger partial charge in [-0.05, 0) is 18.1 Å². The molecule has 1 aromatic carbocycles. The second-order valence-electron chi connectivity index (χ2n) is 3.02. The molecule has 2 nitrogen and oxygen atoms in total. The van der Waals surface area contributed by atoms with Crippen LogP contribution >= 0.6 is 15.9 Å². The van der Waals surface area contributed by atoms with Crippen molar-refractivity contribution >= 4 is 15.9 Å². The van der Waals surface area contributed by atoms with E-state index in [1.54, 1.807) is 12.5 Å². The van der Waals surface area contributed by atoms with Crippen LogP contribution in [0.4, 0.5) is 0 Å². The zero-order chi connectivity index (χ0) is 9.80. The van der Waals surface area contributed by atoms with Gasteiger partial charge in [0.25, 0.3) is 0 Å². The summed E-state index contributed by atoms with van der Waals surface area (Å²) in [6.45, 7) is 0. The summed E-state index contributed by atoms with van der Waals surface area (Å²) >= 11 is 3.51. The number of oxazole rings is 1. The van der Waals surface area contributed by atoms with E-state index >= 15 is 0 Å². The standard InChI is InChI=1S/C11H10BrNO/c12-10-4-2-1-3-9(10)5-6-11-13-7-8-14-11/h1-4,7-8H,5-6H2. The lowest BCUT2D eigenvalue weighted by Gasteiger charge is -2.01. The molecule has 0 amide bonds. The van der Waals surface area contributed by atoms with E-state index in [4.69, 9.17) is 4.42 Å². The Kier molecular flexibility index (Phi) is 2.99. The Hall–Kier alpha value is -1.09. The molecule has 1 heterocycles. The van der Waals surface area contributed by atoms with E-state index < -0.39 is 0 Å². The van der Waals surface area contributed by atoms with Gasteiger partial charge in [0.1, 0.15) is 6.26 Å². The molecule has 0 aliphatic rings. The first-order chi connectivity index (χ1) is 6.86. The minimum Gasteiger partial charge on any atom is -0.449 e. The predicted molar refractivity (Wildman–Crippen MR) is 58.1 cm³/mol.